The average molecular weight is 413 g/mol. The van der Waals surface area contributed by atoms with Crippen LogP contribution in [0.3, 0.4) is 0 Å². The van der Waals surface area contributed by atoms with Gasteiger partial charge in [-0.3, -0.25) is 14.9 Å². The normalized spacial score (nSPS) is 10.6. The molecule has 0 spiro atoms. The Hall–Kier alpha value is -3.40. The number of hydrogen-bond acceptors (Lipinski definition) is 7. The van der Waals surface area contributed by atoms with Crippen molar-refractivity contribution >= 4 is 29.0 Å². The Morgan fingerprint density at radius 1 is 1.24 bits per heavy atom. The summed E-state index contributed by atoms with van der Waals surface area (Å²) in [6.45, 7) is 2.58. The Labute approximate surface area is 171 Å². The van der Waals surface area contributed by atoms with Crippen molar-refractivity contribution in [3.05, 3.63) is 58.6 Å². The van der Waals surface area contributed by atoms with Crippen molar-refractivity contribution in [2.24, 2.45) is 0 Å². The highest BCUT2D eigenvalue weighted by Crippen LogP contribution is 2.27. The number of benzene rings is 2. The van der Waals surface area contributed by atoms with Gasteiger partial charge in [-0.15, -0.1) is 10.2 Å². The third kappa shape index (κ3) is 4.72. The van der Waals surface area contributed by atoms with Crippen LogP contribution in [-0.4, -0.2) is 38.5 Å². The summed E-state index contributed by atoms with van der Waals surface area (Å²) < 4.78 is 7.16. The van der Waals surface area contributed by atoms with Gasteiger partial charge in [0, 0.05) is 18.2 Å². The molecule has 0 fully saturated rings. The van der Waals surface area contributed by atoms with Crippen LogP contribution in [0.5, 0.6) is 5.75 Å². The van der Waals surface area contributed by atoms with Crippen molar-refractivity contribution in [3.8, 4) is 17.1 Å². The minimum absolute atomic E-state index is 0.0439. The number of para-hydroxylation sites is 2. The smallest absolute Gasteiger partial charge is 0.292 e. The molecule has 0 saturated carbocycles. The molecular weight excluding hydrogens is 394 g/mol. The second kappa shape index (κ2) is 9.20. The monoisotopic (exact) mass is 413 g/mol. The molecular formula is C19H19N5O4S. The van der Waals surface area contributed by atoms with E-state index in [-0.39, 0.29) is 23.0 Å². The first-order valence-electron chi connectivity index (χ1n) is 8.77. The number of anilines is 1. The third-order valence-corrected chi connectivity index (χ3v) is 5.03. The van der Waals surface area contributed by atoms with Crippen LogP contribution in [0.4, 0.5) is 11.4 Å². The molecule has 29 heavy (non-hydrogen) atoms. The molecule has 10 heteroatoms. The first kappa shape index (κ1) is 20.3. The molecule has 0 unspecified atom stereocenters. The number of amides is 1. The summed E-state index contributed by atoms with van der Waals surface area (Å²) in [5, 5.41) is 22.7. The maximum atomic E-state index is 12.3. The van der Waals surface area contributed by atoms with Gasteiger partial charge in [0.1, 0.15) is 11.4 Å². The van der Waals surface area contributed by atoms with Gasteiger partial charge in [-0.1, -0.05) is 36.0 Å². The molecule has 0 radical (unpaired) electrons. The number of carbonyl (C=O) groups is 1. The Morgan fingerprint density at radius 2 is 2.03 bits per heavy atom. The lowest BCUT2D eigenvalue weighted by atomic mass is 10.2. The Kier molecular flexibility index (Phi) is 6.45. The van der Waals surface area contributed by atoms with E-state index in [1.54, 1.807) is 19.2 Å². The van der Waals surface area contributed by atoms with Crippen LogP contribution in [0.1, 0.15) is 6.92 Å². The number of rotatable bonds is 8. The number of nitro benzene ring substituents is 1. The predicted octanol–water partition coefficient (Wildman–Crippen LogP) is 3.61. The lowest BCUT2D eigenvalue weighted by molar-refractivity contribution is -0.383. The minimum atomic E-state index is -0.531. The van der Waals surface area contributed by atoms with Crippen LogP contribution in [0.2, 0.25) is 0 Å². The van der Waals surface area contributed by atoms with E-state index in [0.29, 0.717) is 23.3 Å². The molecule has 1 aromatic heterocycles. The molecule has 9 nitrogen and oxygen atoms in total. The van der Waals surface area contributed by atoms with Crippen molar-refractivity contribution in [1.82, 2.24) is 14.8 Å². The summed E-state index contributed by atoms with van der Waals surface area (Å²) in [6.07, 6.45) is 0. The molecule has 3 rings (SSSR count). The summed E-state index contributed by atoms with van der Waals surface area (Å²) in [6, 6.07) is 13.5. The number of ether oxygens (including phenoxy) is 1. The maximum Gasteiger partial charge on any atom is 0.292 e. The molecule has 3 aromatic rings. The highest BCUT2D eigenvalue weighted by atomic mass is 32.2. The first-order chi connectivity index (χ1) is 14.0. The zero-order valence-corrected chi connectivity index (χ0v) is 16.7. The summed E-state index contributed by atoms with van der Waals surface area (Å²) in [4.78, 5) is 22.8. The molecule has 150 valence electrons. The van der Waals surface area contributed by atoms with Gasteiger partial charge in [-0.25, -0.2) is 0 Å². The molecule has 2 aromatic carbocycles. The number of methoxy groups -OCH3 is 1. The SMILES string of the molecule is CCn1c(SCC(=O)Nc2ccccc2[N+](=O)[O-])nnc1-c1cccc(OC)c1. The third-order valence-electron chi connectivity index (χ3n) is 4.07. The van der Waals surface area contributed by atoms with Gasteiger partial charge in [0.2, 0.25) is 5.91 Å². The van der Waals surface area contributed by atoms with Crippen LogP contribution in [0.15, 0.2) is 53.7 Å². The molecule has 1 amide bonds. The van der Waals surface area contributed by atoms with E-state index >= 15 is 0 Å². The topological polar surface area (TPSA) is 112 Å². The molecule has 1 heterocycles. The van der Waals surface area contributed by atoms with E-state index in [1.807, 2.05) is 35.8 Å². The second-order valence-corrected chi connectivity index (χ2v) is 6.84. The van der Waals surface area contributed by atoms with Crippen molar-refractivity contribution in [1.29, 1.82) is 0 Å². The highest BCUT2D eigenvalue weighted by Gasteiger charge is 2.17. The number of nitrogens with zero attached hydrogens (tertiary/aromatic N) is 4. The molecule has 0 atom stereocenters. The number of aromatic nitrogens is 3. The fourth-order valence-corrected chi connectivity index (χ4v) is 3.51. The molecule has 0 bridgehead atoms. The number of carbonyl (C=O) groups excluding carboxylic acids is 1. The quantitative estimate of drug-likeness (QED) is 0.341. The minimum Gasteiger partial charge on any atom is -0.497 e. The van der Waals surface area contributed by atoms with Gasteiger partial charge in [-0.2, -0.15) is 0 Å². The van der Waals surface area contributed by atoms with Crippen LogP contribution in [0, 0.1) is 10.1 Å². The number of thioether (sulfide) groups is 1. The molecule has 0 aliphatic heterocycles. The van der Waals surface area contributed by atoms with Gasteiger partial charge in [0.25, 0.3) is 5.69 Å². The number of nitro groups is 1. The van der Waals surface area contributed by atoms with E-state index < -0.39 is 4.92 Å². The summed E-state index contributed by atoms with van der Waals surface area (Å²) >= 11 is 1.21. The lowest BCUT2D eigenvalue weighted by Crippen LogP contribution is -2.15. The van der Waals surface area contributed by atoms with E-state index in [4.69, 9.17) is 4.74 Å². The van der Waals surface area contributed by atoms with Crippen molar-refractivity contribution in [2.75, 3.05) is 18.2 Å². The fraction of sp³-hybridized carbons (Fsp3) is 0.211. The standard InChI is InChI=1S/C19H19N5O4S/c1-3-23-18(13-7-6-8-14(11-13)28-2)21-22-19(23)29-12-17(25)20-15-9-4-5-10-16(15)24(26)27/h4-11H,3,12H2,1-2H3,(H,20,25). The molecule has 0 aliphatic carbocycles. The Balaban J connectivity index is 1.72. The fourth-order valence-electron chi connectivity index (χ4n) is 2.71. The summed E-state index contributed by atoms with van der Waals surface area (Å²) in [5.41, 5.74) is 0.870. The zero-order chi connectivity index (χ0) is 20.8. The molecule has 0 aliphatic rings. The van der Waals surface area contributed by atoms with Crippen molar-refractivity contribution in [3.63, 3.8) is 0 Å². The van der Waals surface area contributed by atoms with Crippen LogP contribution >= 0.6 is 11.8 Å². The van der Waals surface area contributed by atoms with E-state index in [2.05, 4.69) is 15.5 Å². The van der Waals surface area contributed by atoms with Crippen LogP contribution in [0.25, 0.3) is 11.4 Å². The van der Waals surface area contributed by atoms with Gasteiger partial charge in [0.05, 0.1) is 17.8 Å². The van der Waals surface area contributed by atoms with Crippen molar-refractivity contribution < 1.29 is 14.5 Å². The second-order valence-electron chi connectivity index (χ2n) is 5.89. The van der Waals surface area contributed by atoms with E-state index in [1.165, 1.54) is 23.9 Å². The largest absolute Gasteiger partial charge is 0.497 e. The molecule has 1 N–H and O–H groups in total. The summed E-state index contributed by atoms with van der Waals surface area (Å²) in [7, 11) is 1.60. The molecule has 0 saturated heterocycles. The van der Waals surface area contributed by atoms with Gasteiger partial charge in [-0.05, 0) is 25.1 Å². The summed E-state index contributed by atoms with van der Waals surface area (Å²) in [5.74, 6) is 1.07. The van der Waals surface area contributed by atoms with E-state index in [0.717, 1.165) is 5.56 Å². The van der Waals surface area contributed by atoms with E-state index in [9.17, 15) is 14.9 Å². The zero-order valence-electron chi connectivity index (χ0n) is 15.9. The average Bonchev–Trinajstić information content (AvgIpc) is 3.15. The maximum absolute atomic E-state index is 12.3. The van der Waals surface area contributed by atoms with Gasteiger partial charge >= 0.3 is 0 Å². The van der Waals surface area contributed by atoms with Crippen LogP contribution in [-0.2, 0) is 11.3 Å². The Bertz CT molecular complexity index is 1040. The Morgan fingerprint density at radius 3 is 2.76 bits per heavy atom. The van der Waals surface area contributed by atoms with Crippen LogP contribution < -0.4 is 10.1 Å². The number of hydrogen-bond donors (Lipinski definition) is 1. The highest BCUT2D eigenvalue weighted by molar-refractivity contribution is 7.99. The predicted molar refractivity (Wildman–Crippen MR) is 110 cm³/mol. The van der Waals surface area contributed by atoms with Crippen molar-refractivity contribution in [2.45, 2.75) is 18.6 Å². The van der Waals surface area contributed by atoms with Gasteiger partial charge < -0.3 is 14.6 Å². The lowest BCUT2D eigenvalue weighted by Gasteiger charge is -2.09. The van der Waals surface area contributed by atoms with Gasteiger partial charge in [0.15, 0.2) is 11.0 Å². The number of nitrogens with one attached hydrogen (secondary N) is 1. The first-order valence-corrected chi connectivity index (χ1v) is 9.75.